The lowest BCUT2D eigenvalue weighted by atomic mass is 10.1. The predicted octanol–water partition coefficient (Wildman–Crippen LogP) is 5.39. The lowest BCUT2D eigenvalue weighted by molar-refractivity contribution is -0.114. The van der Waals surface area contributed by atoms with Gasteiger partial charge in [0.25, 0.3) is 11.8 Å². The van der Waals surface area contributed by atoms with Crippen LogP contribution in [0.4, 0.5) is 10.1 Å². The molecule has 1 aliphatic heterocycles. The summed E-state index contributed by atoms with van der Waals surface area (Å²) in [7, 11) is 1.66. The zero-order valence-corrected chi connectivity index (χ0v) is 19.3. The number of nitrogens with zero attached hydrogens (tertiary/aromatic N) is 1. The van der Waals surface area contributed by atoms with E-state index in [9.17, 15) is 14.0 Å². The van der Waals surface area contributed by atoms with Crippen molar-refractivity contribution in [2.45, 2.75) is 11.3 Å². The molecule has 0 bridgehead atoms. The summed E-state index contributed by atoms with van der Waals surface area (Å²) in [6.07, 6.45) is 4.24. The van der Waals surface area contributed by atoms with E-state index in [0.29, 0.717) is 34.7 Å². The van der Waals surface area contributed by atoms with E-state index in [1.807, 2.05) is 30.5 Å². The Morgan fingerprint density at radius 1 is 1.12 bits per heavy atom. The Bertz CT molecular complexity index is 1440. The first kappa shape index (κ1) is 22.0. The maximum absolute atomic E-state index is 14.1. The molecule has 2 amide bonds. The second-order valence-corrected chi connectivity index (χ2v) is 9.13. The number of amides is 2. The smallest absolute Gasteiger partial charge is 0.264 e. The number of H-pyrrole nitrogens is 1. The molecule has 0 saturated carbocycles. The third-order valence-corrected chi connectivity index (χ3v) is 6.94. The molecule has 5 nitrogen and oxygen atoms in total. The fraction of sp³-hybridized carbons (Fsp3) is 0.111. The van der Waals surface area contributed by atoms with Crippen molar-refractivity contribution >= 4 is 46.2 Å². The molecule has 0 unspecified atom stereocenters. The van der Waals surface area contributed by atoms with Crippen molar-refractivity contribution in [1.29, 1.82) is 0 Å². The van der Waals surface area contributed by atoms with Crippen molar-refractivity contribution in [2.75, 3.05) is 18.5 Å². The Hall–Kier alpha value is -3.84. The minimum Gasteiger partial charge on any atom is -0.361 e. The number of benzene rings is 3. The van der Waals surface area contributed by atoms with Gasteiger partial charge in [0.15, 0.2) is 0 Å². The number of likely N-dealkylation sites (N-methyl/N-ethyl adjacent to an activating group) is 1. The highest BCUT2D eigenvalue weighted by Crippen LogP contribution is 2.42. The van der Waals surface area contributed by atoms with E-state index < -0.39 is 0 Å². The van der Waals surface area contributed by atoms with Crippen molar-refractivity contribution < 1.29 is 14.0 Å². The molecule has 0 atom stereocenters. The Morgan fingerprint density at radius 3 is 2.76 bits per heavy atom. The number of halogens is 1. The van der Waals surface area contributed by atoms with Crippen LogP contribution in [-0.2, 0) is 11.2 Å². The summed E-state index contributed by atoms with van der Waals surface area (Å²) in [6.45, 7) is 0.497. The highest BCUT2D eigenvalue weighted by atomic mass is 32.2. The average molecular weight is 472 g/mol. The topological polar surface area (TPSA) is 65.2 Å². The van der Waals surface area contributed by atoms with Crippen LogP contribution in [0.2, 0.25) is 0 Å². The van der Waals surface area contributed by atoms with E-state index in [-0.39, 0.29) is 17.6 Å². The van der Waals surface area contributed by atoms with Gasteiger partial charge in [-0.1, -0.05) is 48.2 Å². The number of para-hydroxylation sites is 1. The van der Waals surface area contributed by atoms with Crippen LogP contribution in [0.1, 0.15) is 21.5 Å². The molecule has 2 N–H and O–H groups in total. The molecule has 34 heavy (non-hydrogen) atoms. The van der Waals surface area contributed by atoms with Crippen molar-refractivity contribution in [3.8, 4) is 0 Å². The fourth-order valence-corrected chi connectivity index (χ4v) is 5.10. The fourth-order valence-electron chi connectivity index (χ4n) is 4.02. The number of rotatable bonds is 5. The number of carbonyl (C=O) groups excluding carboxylic acids is 2. The summed E-state index contributed by atoms with van der Waals surface area (Å²) < 4.78 is 14.1. The summed E-state index contributed by atoms with van der Waals surface area (Å²) in [5.41, 5.74) is 3.73. The maximum atomic E-state index is 14.1. The van der Waals surface area contributed by atoms with E-state index in [2.05, 4.69) is 16.4 Å². The van der Waals surface area contributed by atoms with Gasteiger partial charge in [0.05, 0.1) is 10.6 Å². The van der Waals surface area contributed by atoms with Crippen LogP contribution in [0.5, 0.6) is 0 Å². The Morgan fingerprint density at radius 2 is 1.91 bits per heavy atom. The van der Waals surface area contributed by atoms with Gasteiger partial charge < -0.3 is 15.2 Å². The molecule has 7 heteroatoms. The number of carbonyl (C=O) groups is 2. The third-order valence-electron chi connectivity index (χ3n) is 5.86. The Labute approximate surface area is 200 Å². The van der Waals surface area contributed by atoms with Crippen molar-refractivity contribution in [3.63, 3.8) is 0 Å². The molecular formula is C27H22FN3O2S. The molecule has 5 rings (SSSR count). The largest absolute Gasteiger partial charge is 0.361 e. The van der Waals surface area contributed by atoms with Crippen LogP contribution in [0.3, 0.4) is 0 Å². The molecule has 2 heterocycles. The van der Waals surface area contributed by atoms with E-state index in [1.54, 1.807) is 43.5 Å². The zero-order valence-electron chi connectivity index (χ0n) is 18.5. The predicted molar refractivity (Wildman–Crippen MR) is 134 cm³/mol. The first-order valence-corrected chi connectivity index (χ1v) is 11.7. The first-order valence-electron chi connectivity index (χ1n) is 10.9. The number of fused-ring (bicyclic) bond motifs is 2. The molecule has 0 aliphatic carbocycles. The summed E-state index contributed by atoms with van der Waals surface area (Å²) >= 11 is 1.28. The van der Waals surface area contributed by atoms with Crippen LogP contribution in [0.15, 0.2) is 82.7 Å². The second kappa shape index (κ2) is 9.19. The van der Waals surface area contributed by atoms with Gasteiger partial charge in [-0.3, -0.25) is 9.59 Å². The number of hydrogen-bond donors (Lipinski definition) is 2. The number of nitrogens with one attached hydrogen (secondary N) is 2. The normalized spacial score (nSPS) is 14.5. The van der Waals surface area contributed by atoms with Gasteiger partial charge in [-0.15, -0.1) is 0 Å². The number of thioether (sulfide) groups is 1. The standard InChI is InChI=1S/C27H22FN3O2S/c1-31-23-14-18(26(32)29-13-12-19-16-30-22-9-5-3-7-20(19)22)10-11-24(23)34-25(27(31)33)15-17-6-2-4-8-21(17)28/h2-11,14-16,30H,12-13H2,1H3,(H,29,32)/b25-15-. The van der Waals surface area contributed by atoms with Crippen molar-refractivity contribution in [3.05, 3.63) is 100 Å². The quantitative estimate of drug-likeness (QED) is 0.384. The number of aromatic nitrogens is 1. The van der Waals surface area contributed by atoms with Gasteiger partial charge in [0.1, 0.15) is 5.82 Å². The van der Waals surface area contributed by atoms with Gasteiger partial charge >= 0.3 is 0 Å². The molecule has 0 spiro atoms. The monoisotopic (exact) mass is 471 g/mol. The molecule has 0 fully saturated rings. The van der Waals surface area contributed by atoms with Crippen LogP contribution >= 0.6 is 11.8 Å². The first-order chi connectivity index (χ1) is 16.5. The number of aromatic amines is 1. The molecule has 1 aliphatic rings. The average Bonchev–Trinajstić information content (AvgIpc) is 3.26. The summed E-state index contributed by atoms with van der Waals surface area (Å²) in [6, 6.07) is 19.7. The number of hydrogen-bond acceptors (Lipinski definition) is 3. The van der Waals surface area contributed by atoms with E-state index in [4.69, 9.17) is 0 Å². The maximum Gasteiger partial charge on any atom is 0.264 e. The molecule has 170 valence electrons. The van der Waals surface area contributed by atoms with Gasteiger partial charge in [-0.05, 0) is 48.4 Å². The Balaban J connectivity index is 1.30. The third kappa shape index (κ3) is 4.22. The van der Waals surface area contributed by atoms with Gasteiger partial charge in [0.2, 0.25) is 0 Å². The molecule has 0 radical (unpaired) electrons. The van der Waals surface area contributed by atoms with Gasteiger partial charge in [-0.25, -0.2) is 4.39 Å². The van der Waals surface area contributed by atoms with Gasteiger partial charge in [0, 0.05) is 46.7 Å². The van der Waals surface area contributed by atoms with E-state index >= 15 is 0 Å². The van der Waals surface area contributed by atoms with E-state index in [1.165, 1.54) is 22.7 Å². The SMILES string of the molecule is CN1C(=O)/C(=C/c2ccccc2F)Sc2ccc(C(=O)NCCc3c[nH]c4ccccc34)cc21. The molecular weight excluding hydrogens is 449 g/mol. The summed E-state index contributed by atoms with van der Waals surface area (Å²) in [4.78, 5) is 31.7. The number of anilines is 1. The van der Waals surface area contributed by atoms with Crippen LogP contribution in [0.25, 0.3) is 17.0 Å². The van der Waals surface area contributed by atoms with Crippen LogP contribution in [-0.4, -0.2) is 30.4 Å². The minimum absolute atomic E-state index is 0.193. The van der Waals surface area contributed by atoms with Crippen LogP contribution < -0.4 is 10.2 Å². The molecule has 0 saturated heterocycles. The lowest BCUT2D eigenvalue weighted by Crippen LogP contribution is -2.31. The summed E-state index contributed by atoms with van der Waals surface area (Å²) in [5.74, 6) is -0.810. The molecule has 3 aromatic carbocycles. The highest BCUT2D eigenvalue weighted by molar-refractivity contribution is 8.04. The summed E-state index contributed by atoms with van der Waals surface area (Å²) in [5, 5.41) is 4.12. The zero-order chi connectivity index (χ0) is 23.7. The second-order valence-electron chi connectivity index (χ2n) is 8.04. The lowest BCUT2D eigenvalue weighted by Gasteiger charge is -2.27. The van der Waals surface area contributed by atoms with Crippen molar-refractivity contribution in [2.24, 2.45) is 0 Å². The van der Waals surface area contributed by atoms with E-state index in [0.717, 1.165) is 21.4 Å². The molecule has 1 aromatic heterocycles. The van der Waals surface area contributed by atoms with Crippen molar-refractivity contribution in [1.82, 2.24) is 10.3 Å². The van der Waals surface area contributed by atoms with Gasteiger partial charge in [-0.2, -0.15) is 0 Å². The molecule has 4 aromatic rings. The van der Waals surface area contributed by atoms with Crippen LogP contribution in [0, 0.1) is 5.82 Å². The minimum atomic E-state index is -0.378. The highest BCUT2D eigenvalue weighted by Gasteiger charge is 2.27. The Kier molecular flexibility index (Phi) is 5.94.